The second-order valence-corrected chi connectivity index (χ2v) is 5.49. The van der Waals surface area contributed by atoms with E-state index >= 15 is 0 Å². The molecule has 0 heterocycles. The van der Waals surface area contributed by atoms with Gasteiger partial charge in [-0.2, -0.15) is 0 Å². The molecule has 17 heavy (non-hydrogen) atoms. The molecule has 2 rings (SSSR count). The fourth-order valence-corrected chi connectivity index (χ4v) is 2.44. The van der Waals surface area contributed by atoms with Crippen LogP contribution in [0.1, 0.15) is 43.0 Å². The summed E-state index contributed by atoms with van der Waals surface area (Å²) < 4.78 is 0. The number of carbonyl (C=O) groups is 1. The summed E-state index contributed by atoms with van der Waals surface area (Å²) in [7, 11) is 0. The van der Waals surface area contributed by atoms with Gasteiger partial charge in [0.1, 0.15) is 0 Å². The van der Waals surface area contributed by atoms with Crippen molar-refractivity contribution in [3.8, 4) is 0 Å². The lowest BCUT2D eigenvalue weighted by Crippen LogP contribution is -2.37. The van der Waals surface area contributed by atoms with Gasteiger partial charge in [0.15, 0.2) is 0 Å². The van der Waals surface area contributed by atoms with Crippen LogP contribution in [-0.2, 0) is 0 Å². The van der Waals surface area contributed by atoms with Crippen molar-refractivity contribution in [1.82, 2.24) is 5.32 Å². The van der Waals surface area contributed by atoms with E-state index in [9.17, 15) is 4.79 Å². The van der Waals surface area contributed by atoms with Crippen LogP contribution in [0.5, 0.6) is 0 Å². The third kappa shape index (κ3) is 3.50. The highest BCUT2D eigenvalue weighted by atomic mass is 32.1. The first-order valence-corrected chi connectivity index (χ1v) is 6.70. The molecule has 0 aromatic heterocycles. The minimum atomic E-state index is 0.0397. The van der Waals surface area contributed by atoms with Crippen molar-refractivity contribution in [2.45, 2.75) is 43.5 Å². The molecular formula is C14H19NOS. The van der Waals surface area contributed by atoms with E-state index < -0.39 is 0 Å². The Bertz CT molecular complexity index is 380. The molecule has 1 aromatic rings. The average Bonchev–Trinajstić information content (AvgIpc) is 2.33. The third-order valence-corrected chi connectivity index (χ3v) is 3.78. The predicted octanol–water partition coefficient (Wildman–Crippen LogP) is 3.28. The Morgan fingerprint density at radius 2 is 1.76 bits per heavy atom. The molecule has 1 aliphatic rings. The van der Waals surface area contributed by atoms with Gasteiger partial charge in [-0.25, -0.2) is 0 Å². The summed E-state index contributed by atoms with van der Waals surface area (Å²) in [6, 6.07) is 7.70. The number of carbonyl (C=O) groups excluding carboxylic acids is 1. The van der Waals surface area contributed by atoms with Crippen LogP contribution < -0.4 is 5.32 Å². The summed E-state index contributed by atoms with van der Waals surface area (Å²) in [4.78, 5) is 12.9. The van der Waals surface area contributed by atoms with Crippen molar-refractivity contribution in [3.05, 3.63) is 29.8 Å². The molecule has 1 amide bonds. The van der Waals surface area contributed by atoms with E-state index in [1.807, 2.05) is 24.3 Å². The van der Waals surface area contributed by atoms with Crippen LogP contribution in [0.2, 0.25) is 0 Å². The molecule has 1 fully saturated rings. The molecule has 1 N–H and O–H groups in total. The lowest BCUT2D eigenvalue weighted by Gasteiger charge is -2.26. The Hall–Kier alpha value is -0.960. The zero-order valence-corrected chi connectivity index (χ0v) is 11.0. The minimum Gasteiger partial charge on any atom is -0.349 e. The Morgan fingerprint density at radius 3 is 2.35 bits per heavy atom. The van der Waals surface area contributed by atoms with Crippen LogP contribution in [0.3, 0.4) is 0 Å². The summed E-state index contributed by atoms with van der Waals surface area (Å²) >= 11 is 4.21. The zero-order chi connectivity index (χ0) is 12.3. The number of nitrogens with one attached hydrogen (secondary N) is 1. The van der Waals surface area contributed by atoms with Crippen LogP contribution in [0, 0.1) is 5.92 Å². The maximum absolute atomic E-state index is 12.0. The molecule has 0 spiro atoms. The van der Waals surface area contributed by atoms with E-state index in [0.29, 0.717) is 6.04 Å². The van der Waals surface area contributed by atoms with Crippen molar-refractivity contribution in [1.29, 1.82) is 0 Å². The fourth-order valence-electron chi connectivity index (χ4n) is 2.29. The standard InChI is InChI=1S/C14H19NOS/c1-10-2-6-12(7-3-10)15-14(16)11-4-8-13(17)9-5-11/h4-5,8-10,12,17H,2-3,6-7H2,1H3,(H,15,16). The molecule has 3 heteroatoms. The Labute approximate surface area is 108 Å². The molecule has 1 aliphatic carbocycles. The highest BCUT2D eigenvalue weighted by Crippen LogP contribution is 2.23. The summed E-state index contributed by atoms with van der Waals surface area (Å²) in [6.45, 7) is 2.28. The molecule has 1 saturated carbocycles. The number of hydrogen-bond acceptors (Lipinski definition) is 2. The second-order valence-electron chi connectivity index (χ2n) is 4.98. The number of amides is 1. The molecule has 0 bridgehead atoms. The number of hydrogen-bond donors (Lipinski definition) is 2. The summed E-state index contributed by atoms with van der Waals surface area (Å²) in [6.07, 6.45) is 4.66. The van der Waals surface area contributed by atoms with Gasteiger partial charge in [0, 0.05) is 16.5 Å². The van der Waals surface area contributed by atoms with Gasteiger partial charge < -0.3 is 5.32 Å². The van der Waals surface area contributed by atoms with E-state index in [1.54, 1.807) is 0 Å². The monoisotopic (exact) mass is 249 g/mol. The zero-order valence-electron chi connectivity index (χ0n) is 10.1. The van der Waals surface area contributed by atoms with Gasteiger partial charge in [-0.1, -0.05) is 6.92 Å². The molecule has 2 nitrogen and oxygen atoms in total. The Balaban J connectivity index is 1.91. The van der Waals surface area contributed by atoms with E-state index in [2.05, 4.69) is 24.9 Å². The van der Waals surface area contributed by atoms with Gasteiger partial charge in [-0.15, -0.1) is 12.6 Å². The van der Waals surface area contributed by atoms with Crippen molar-refractivity contribution >= 4 is 18.5 Å². The van der Waals surface area contributed by atoms with Crippen molar-refractivity contribution in [2.24, 2.45) is 5.92 Å². The molecular weight excluding hydrogens is 230 g/mol. The van der Waals surface area contributed by atoms with Crippen LogP contribution in [0.15, 0.2) is 29.2 Å². The van der Waals surface area contributed by atoms with Crippen molar-refractivity contribution < 1.29 is 4.79 Å². The van der Waals surface area contributed by atoms with Crippen LogP contribution in [0.25, 0.3) is 0 Å². The molecule has 0 aliphatic heterocycles. The van der Waals surface area contributed by atoms with Gasteiger partial charge in [-0.3, -0.25) is 4.79 Å². The quantitative estimate of drug-likeness (QED) is 0.774. The van der Waals surface area contributed by atoms with Gasteiger partial charge in [-0.05, 0) is 55.9 Å². The Kier molecular flexibility index (Phi) is 4.11. The first-order valence-electron chi connectivity index (χ1n) is 6.25. The maximum Gasteiger partial charge on any atom is 0.251 e. The highest BCUT2D eigenvalue weighted by molar-refractivity contribution is 7.80. The van der Waals surface area contributed by atoms with Crippen molar-refractivity contribution in [2.75, 3.05) is 0 Å². The van der Waals surface area contributed by atoms with E-state index in [1.165, 1.54) is 12.8 Å². The van der Waals surface area contributed by atoms with E-state index in [-0.39, 0.29) is 5.91 Å². The summed E-state index contributed by atoms with van der Waals surface area (Å²) in [5, 5.41) is 3.11. The number of thiol groups is 1. The van der Waals surface area contributed by atoms with Gasteiger partial charge in [0.05, 0.1) is 0 Å². The van der Waals surface area contributed by atoms with Gasteiger partial charge >= 0.3 is 0 Å². The third-order valence-electron chi connectivity index (χ3n) is 3.48. The number of benzene rings is 1. The second kappa shape index (κ2) is 5.58. The van der Waals surface area contributed by atoms with E-state index in [4.69, 9.17) is 0 Å². The van der Waals surface area contributed by atoms with Gasteiger partial charge in [0.25, 0.3) is 5.91 Å². The molecule has 0 saturated heterocycles. The minimum absolute atomic E-state index is 0.0397. The number of rotatable bonds is 2. The Morgan fingerprint density at radius 1 is 1.18 bits per heavy atom. The van der Waals surface area contributed by atoms with Gasteiger partial charge in [0.2, 0.25) is 0 Å². The maximum atomic E-state index is 12.0. The lowest BCUT2D eigenvalue weighted by molar-refractivity contribution is 0.0923. The molecule has 0 radical (unpaired) electrons. The first-order chi connectivity index (χ1) is 8.15. The summed E-state index contributed by atoms with van der Waals surface area (Å²) in [5.41, 5.74) is 0.724. The molecule has 0 atom stereocenters. The predicted molar refractivity (Wildman–Crippen MR) is 72.6 cm³/mol. The normalized spacial score (nSPS) is 24.4. The van der Waals surface area contributed by atoms with Crippen LogP contribution in [-0.4, -0.2) is 11.9 Å². The first kappa shape index (κ1) is 12.5. The highest BCUT2D eigenvalue weighted by Gasteiger charge is 2.20. The SMILES string of the molecule is CC1CCC(NC(=O)c2ccc(S)cc2)CC1. The van der Waals surface area contributed by atoms with Crippen molar-refractivity contribution in [3.63, 3.8) is 0 Å². The molecule has 1 aromatic carbocycles. The largest absolute Gasteiger partial charge is 0.349 e. The smallest absolute Gasteiger partial charge is 0.251 e. The average molecular weight is 249 g/mol. The fraction of sp³-hybridized carbons (Fsp3) is 0.500. The molecule has 92 valence electrons. The summed E-state index contributed by atoms with van der Waals surface area (Å²) in [5.74, 6) is 0.851. The topological polar surface area (TPSA) is 29.1 Å². The van der Waals surface area contributed by atoms with E-state index in [0.717, 1.165) is 29.2 Å². The lowest BCUT2D eigenvalue weighted by atomic mass is 9.87. The van der Waals surface area contributed by atoms with Crippen LogP contribution in [0.4, 0.5) is 0 Å². The molecule has 0 unspecified atom stereocenters. The van der Waals surface area contributed by atoms with Crippen LogP contribution >= 0.6 is 12.6 Å².